The van der Waals surface area contributed by atoms with Gasteiger partial charge < -0.3 is 30.0 Å². The molecule has 8 nitrogen and oxygen atoms in total. The minimum absolute atomic E-state index is 0.0263. The van der Waals surface area contributed by atoms with Gasteiger partial charge in [-0.1, -0.05) is 11.6 Å². The predicted octanol–water partition coefficient (Wildman–Crippen LogP) is 2.61. The highest BCUT2D eigenvalue weighted by atomic mass is 16.6. The molecular formula is C27H38N2O6. The average molecular weight is 487 g/mol. The standard InChI is InChI=1S/C27H38N2O6/c1-17(2)6-11-21-26(3,35-21)23-22(33-4)20(12-13-27(23)16-34-27)29-25(32)19-9-7-18(8-10-19)24(31)28-14-5-15-30/h6-10,20-23,30H,5,11-16H2,1-4H3,(H,28,31)(H,29,32)/t20-,21?,22-,23-,26?,27+/m1/s1. The van der Waals surface area contributed by atoms with E-state index < -0.39 is 0 Å². The molecule has 1 spiro atoms. The van der Waals surface area contributed by atoms with E-state index in [1.54, 1.807) is 31.4 Å². The number of hydrogen-bond acceptors (Lipinski definition) is 6. The summed E-state index contributed by atoms with van der Waals surface area (Å²) < 4.78 is 18.2. The number of hydrogen-bond donors (Lipinski definition) is 3. The smallest absolute Gasteiger partial charge is 0.251 e. The van der Waals surface area contributed by atoms with E-state index in [1.165, 1.54) is 5.57 Å². The third kappa shape index (κ3) is 5.45. The Hall–Kier alpha value is -2.26. The van der Waals surface area contributed by atoms with Crippen LogP contribution in [0.4, 0.5) is 0 Å². The van der Waals surface area contributed by atoms with Crippen molar-refractivity contribution in [1.29, 1.82) is 0 Å². The molecule has 192 valence electrons. The molecule has 2 heterocycles. The lowest BCUT2D eigenvalue weighted by atomic mass is 9.67. The summed E-state index contributed by atoms with van der Waals surface area (Å²) in [7, 11) is 1.69. The zero-order valence-electron chi connectivity index (χ0n) is 21.1. The Morgan fingerprint density at radius 3 is 2.43 bits per heavy atom. The normalized spacial score (nSPS) is 33.2. The molecular weight excluding hydrogens is 448 g/mol. The fraction of sp³-hybridized carbons (Fsp3) is 0.630. The van der Waals surface area contributed by atoms with Crippen LogP contribution in [-0.2, 0) is 14.2 Å². The first kappa shape index (κ1) is 25.8. The summed E-state index contributed by atoms with van der Waals surface area (Å²) in [6.45, 7) is 7.46. The zero-order valence-corrected chi connectivity index (χ0v) is 21.1. The molecule has 2 aliphatic heterocycles. The molecule has 35 heavy (non-hydrogen) atoms. The van der Waals surface area contributed by atoms with Crippen LogP contribution in [0, 0.1) is 5.92 Å². The van der Waals surface area contributed by atoms with Crippen molar-refractivity contribution in [1.82, 2.24) is 10.6 Å². The van der Waals surface area contributed by atoms with Crippen LogP contribution in [0.5, 0.6) is 0 Å². The van der Waals surface area contributed by atoms with Gasteiger partial charge in [-0.2, -0.15) is 0 Å². The van der Waals surface area contributed by atoms with Crippen LogP contribution in [0.25, 0.3) is 0 Å². The lowest BCUT2D eigenvalue weighted by Gasteiger charge is -2.43. The summed E-state index contributed by atoms with van der Waals surface area (Å²) in [4.78, 5) is 25.3. The summed E-state index contributed by atoms with van der Waals surface area (Å²) in [5.41, 5.74) is 1.65. The van der Waals surface area contributed by atoms with Crippen molar-refractivity contribution in [2.24, 2.45) is 5.92 Å². The fourth-order valence-corrected chi connectivity index (χ4v) is 5.55. The molecule has 1 aromatic rings. The van der Waals surface area contributed by atoms with Gasteiger partial charge in [0.25, 0.3) is 11.8 Å². The summed E-state index contributed by atoms with van der Waals surface area (Å²) in [6.07, 6.45) is 5.07. The van der Waals surface area contributed by atoms with Crippen LogP contribution in [-0.4, -0.2) is 73.2 Å². The van der Waals surface area contributed by atoms with Gasteiger partial charge >= 0.3 is 0 Å². The van der Waals surface area contributed by atoms with Gasteiger partial charge in [0.1, 0.15) is 5.60 Å². The predicted molar refractivity (Wildman–Crippen MR) is 131 cm³/mol. The Morgan fingerprint density at radius 1 is 1.20 bits per heavy atom. The van der Waals surface area contributed by atoms with Crippen LogP contribution in [0.2, 0.25) is 0 Å². The van der Waals surface area contributed by atoms with E-state index >= 15 is 0 Å². The average Bonchev–Trinajstić information content (AvgIpc) is 3.76. The number of rotatable bonds is 10. The molecule has 0 aromatic heterocycles. The third-order valence-corrected chi connectivity index (χ3v) is 7.64. The molecule has 1 aromatic carbocycles. The Kier molecular flexibility index (Phi) is 7.66. The highest BCUT2D eigenvalue weighted by molar-refractivity contribution is 5.97. The lowest BCUT2D eigenvalue weighted by Crippen LogP contribution is -2.59. The molecule has 3 aliphatic rings. The molecule has 3 fully saturated rings. The van der Waals surface area contributed by atoms with Gasteiger partial charge in [-0.05, 0) is 70.7 Å². The second-order valence-corrected chi connectivity index (χ2v) is 10.4. The number of benzene rings is 1. The summed E-state index contributed by atoms with van der Waals surface area (Å²) in [6, 6.07) is 6.43. The molecule has 1 saturated carbocycles. The SMILES string of the molecule is CO[C@H]1[C@H](C2(C)OC2CC=C(C)C)[C@]2(CC[C@H]1NC(=O)c1ccc(C(=O)NCCCO)cc1)CO2. The number of carbonyl (C=O) groups excluding carboxylic acids is 2. The number of nitrogens with one attached hydrogen (secondary N) is 2. The second-order valence-electron chi connectivity index (χ2n) is 10.4. The highest BCUT2D eigenvalue weighted by Crippen LogP contribution is 2.59. The van der Waals surface area contributed by atoms with E-state index in [0.29, 0.717) is 30.7 Å². The molecule has 6 atom stereocenters. The lowest BCUT2D eigenvalue weighted by molar-refractivity contribution is -0.0660. The number of epoxide rings is 2. The van der Waals surface area contributed by atoms with E-state index in [-0.39, 0.29) is 53.8 Å². The Bertz CT molecular complexity index is 953. The van der Waals surface area contributed by atoms with Crippen molar-refractivity contribution in [2.75, 3.05) is 26.9 Å². The maximum atomic E-state index is 13.1. The third-order valence-electron chi connectivity index (χ3n) is 7.64. The molecule has 0 bridgehead atoms. The van der Waals surface area contributed by atoms with Gasteiger partial charge in [0.2, 0.25) is 0 Å². The van der Waals surface area contributed by atoms with Crippen molar-refractivity contribution in [3.63, 3.8) is 0 Å². The number of aliphatic hydroxyl groups is 1. The van der Waals surface area contributed by atoms with Gasteiger partial charge in [-0.25, -0.2) is 0 Å². The Balaban J connectivity index is 1.42. The molecule has 2 saturated heterocycles. The van der Waals surface area contributed by atoms with Gasteiger partial charge in [-0.15, -0.1) is 0 Å². The monoisotopic (exact) mass is 486 g/mol. The minimum atomic E-state index is -0.350. The minimum Gasteiger partial charge on any atom is -0.396 e. The molecule has 3 N–H and O–H groups in total. The molecule has 2 amide bonds. The fourth-order valence-electron chi connectivity index (χ4n) is 5.55. The number of allylic oxidation sites excluding steroid dienone is 1. The highest BCUT2D eigenvalue weighted by Gasteiger charge is 2.71. The quantitative estimate of drug-likeness (QED) is 0.266. The first-order valence-electron chi connectivity index (χ1n) is 12.5. The largest absolute Gasteiger partial charge is 0.396 e. The van der Waals surface area contributed by atoms with E-state index in [2.05, 4.69) is 37.5 Å². The van der Waals surface area contributed by atoms with Gasteiger partial charge in [0.05, 0.1) is 30.5 Å². The molecule has 4 rings (SSSR count). The summed E-state index contributed by atoms with van der Waals surface area (Å²) >= 11 is 0. The van der Waals surface area contributed by atoms with Crippen molar-refractivity contribution < 1.29 is 28.9 Å². The Labute approximate surface area is 207 Å². The Morgan fingerprint density at radius 2 is 1.86 bits per heavy atom. The van der Waals surface area contributed by atoms with Crippen molar-refractivity contribution in [2.45, 2.75) is 75.9 Å². The summed E-state index contributed by atoms with van der Waals surface area (Å²) in [5.74, 6) is -0.395. The van der Waals surface area contributed by atoms with Crippen LogP contribution in [0.15, 0.2) is 35.9 Å². The van der Waals surface area contributed by atoms with E-state index in [0.717, 1.165) is 19.3 Å². The van der Waals surface area contributed by atoms with Gasteiger partial charge in [-0.3, -0.25) is 9.59 Å². The number of aliphatic hydroxyl groups excluding tert-OH is 1. The molecule has 8 heteroatoms. The van der Waals surface area contributed by atoms with Crippen LogP contribution in [0.3, 0.4) is 0 Å². The molecule has 1 aliphatic carbocycles. The number of ether oxygens (including phenoxy) is 3. The number of amides is 2. The number of carbonyl (C=O) groups is 2. The van der Waals surface area contributed by atoms with Crippen molar-refractivity contribution in [3.05, 3.63) is 47.0 Å². The second kappa shape index (κ2) is 10.4. The molecule has 0 radical (unpaired) electrons. The maximum Gasteiger partial charge on any atom is 0.251 e. The van der Waals surface area contributed by atoms with E-state index in [1.807, 2.05) is 0 Å². The maximum absolute atomic E-state index is 13.1. The van der Waals surface area contributed by atoms with Crippen molar-refractivity contribution in [3.8, 4) is 0 Å². The first-order valence-corrected chi connectivity index (χ1v) is 12.5. The summed E-state index contributed by atoms with van der Waals surface area (Å²) in [5, 5.41) is 14.8. The topological polar surface area (TPSA) is 113 Å². The number of methoxy groups -OCH3 is 1. The van der Waals surface area contributed by atoms with Crippen LogP contribution in [0.1, 0.15) is 67.2 Å². The van der Waals surface area contributed by atoms with Crippen LogP contribution >= 0.6 is 0 Å². The zero-order chi connectivity index (χ0) is 25.2. The van der Waals surface area contributed by atoms with Crippen molar-refractivity contribution >= 4 is 11.8 Å². The van der Waals surface area contributed by atoms with E-state index in [4.69, 9.17) is 19.3 Å². The van der Waals surface area contributed by atoms with Gasteiger partial charge in [0.15, 0.2) is 0 Å². The van der Waals surface area contributed by atoms with Gasteiger partial charge in [0, 0.05) is 37.3 Å². The van der Waals surface area contributed by atoms with Crippen LogP contribution < -0.4 is 10.6 Å². The molecule has 2 unspecified atom stereocenters. The first-order chi connectivity index (χ1) is 16.7. The van der Waals surface area contributed by atoms with E-state index in [9.17, 15) is 9.59 Å².